The predicted molar refractivity (Wildman–Crippen MR) is 82.7 cm³/mol. The summed E-state index contributed by atoms with van der Waals surface area (Å²) in [6.45, 7) is 1.51. The van der Waals surface area contributed by atoms with Crippen LogP contribution >= 0.6 is 0 Å². The molecule has 0 aliphatic heterocycles. The Balaban J connectivity index is 2.19. The molecule has 1 amide bonds. The monoisotopic (exact) mass is 315 g/mol. The molecule has 0 unspecified atom stereocenters. The van der Waals surface area contributed by atoms with Crippen molar-refractivity contribution in [2.24, 2.45) is 5.10 Å². The fourth-order valence-electron chi connectivity index (χ4n) is 1.88. The zero-order valence-electron chi connectivity index (χ0n) is 12.1. The number of benzene rings is 2. The number of aromatic hydroxyl groups is 2. The number of rotatable bonds is 4. The lowest BCUT2D eigenvalue weighted by atomic mass is 10.1. The van der Waals surface area contributed by atoms with Crippen LogP contribution in [-0.4, -0.2) is 27.3 Å². The molecule has 0 saturated carbocycles. The standard InChI is InChI=1S/C15H13N3O5/c1-9-6-11(18(22)23)7-10(14(9)20)8-16-17-15(21)12-4-2-3-5-13(12)19/h2-8,19-20H,1H3,(H,17,21)/b16-8-. The second-order valence-electron chi connectivity index (χ2n) is 4.67. The zero-order chi connectivity index (χ0) is 17.0. The number of non-ortho nitro benzene ring substituents is 1. The molecule has 2 aromatic rings. The van der Waals surface area contributed by atoms with Crippen LogP contribution in [0, 0.1) is 17.0 Å². The molecule has 0 aliphatic rings. The van der Waals surface area contributed by atoms with Crippen molar-refractivity contribution in [2.45, 2.75) is 6.92 Å². The van der Waals surface area contributed by atoms with E-state index in [1.54, 1.807) is 12.1 Å². The van der Waals surface area contributed by atoms with E-state index in [0.717, 1.165) is 12.3 Å². The third-order valence-corrected chi connectivity index (χ3v) is 3.04. The smallest absolute Gasteiger partial charge is 0.275 e. The normalized spacial score (nSPS) is 10.7. The maximum atomic E-state index is 11.8. The van der Waals surface area contributed by atoms with E-state index in [0.29, 0.717) is 5.56 Å². The minimum atomic E-state index is -0.652. The average Bonchev–Trinajstić information content (AvgIpc) is 2.51. The molecule has 118 valence electrons. The van der Waals surface area contributed by atoms with Gasteiger partial charge in [0, 0.05) is 17.7 Å². The SMILES string of the molecule is Cc1cc([N+](=O)[O-])cc(/C=N\NC(=O)c2ccccc2O)c1O. The molecule has 0 atom stereocenters. The lowest BCUT2D eigenvalue weighted by Crippen LogP contribution is -2.17. The number of carbonyl (C=O) groups excluding carboxylic acids is 1. The molecule has 0 bridgehead atoms. The van der Waals surface area contributed by atoms with Gasteiger partial charge >= 0.3 is 0 Å². The van der Waals surface area contributed by atoms with E-state index in [1.165, 1.54) is 25.1 Å². The van der Waals surface area contributed by atoms with Gasteiger partial charge in [-0.05, 0) is 24.6 Å². The second kappa shape index (κ2) is 6.56. The second-order valence-corrected chi connectivity index (χ2v) is 4.67. The van der Waals surface area contributed by atoms with Gasteiger partial charge in [-0.1, -0.05) is 12.1 Å². The molecule has 8 heteroatoms. The number of hydrogen-bond acceptors (Lipinski definition) is 6. The highest BCUT2D eigenvalue weighted by Gasteiger charge is 2.13. The number of nitrogens with zero attached hydrogens (tertiary/aromatic N) is 2. The Morgan fingerprint density at radius 3 is 2.65 bits per heavy atom. The maximum Gasteiger partial charge on any atom is 0.275 e. The molecular weight excluding hydrogens is 302 g/mol. The lowest BCUT2D eigenvalue weighted by Gasteiger charge is -2.04. The first kappa shape index (κ1) is 16.0. The van der Waals surface area contributed by atoms with Crippen molar-refractivity contribution in [1.29, 1.82) is 0 Å². The Morgan fingerprint density at radius 1 is 1.30 bits per heavy atom. The van der Waals surface area contributed by atoms with Gasteiger partial charge in [-0.15, -0.1) is 0 Å². The summed E-state index contributed by atoms with van der Waals surface area (Å²) in [5.74, 6) is -1.02. The van der Waals surface area contributed by atoms with Crippen LogP contribution in [0.15, 0.2) is 41.5 Å². The van der Waals surface area contributed by atoms with Crippen molar-refractivity contribution >= 4 is 17.8 Å². The zero-order valence-corrected chi connectivity index (χ0v) is 12.1. The van der Waals surface area contributed by atoms with E-state index in [-0.39, 0.29) is 28.3 Å². The van der Waals surface area contributed by atoms with Gasteiger partial charge in [0.1, 0.15) is 11.5 Å². The molecule has 23 heavy (non-hydrogen) atoms. The van der Waals surface area contributed by atoms with Gasteiger partial charge in [0.25, 0.3) is 11.6 Å². The first-order chi connectivity index (χ1) is 10.9. The summed E-state index contributed by atoms with van der Waals surface area (Å²) in [6.07, 6.45) is 1.09. The highest BCUT2D eigenvalue weighted by Crippen LogP contribution is 2.26. The largest absolute Gasteiger partial charge is 0.507 e. The molecule has 0 spiro atoms. The number of nitrogens with one attached hydrogen (secondary N) is 1. The number of carbonyl (C=O) groups is 1. The summed E-state index contributed by atoms with van der Waals surface area (Å²) >= 11 is 0. The van der Waals surface area contributed by atoms with Gasteiger partial charge in [-0.3, -0.25) is 14.9 Å². The average molecular weight is 315 g/mol. The first-order valence-corrected chi connectivity index (χ1v) is 6.49. The number of nitro benzene ring substituents is 1. The number of phenols is 2. The van der Waals surface area contributed by atoms with Crippen LogP contribution in [0.25, 0.3) is 0 Å². The molecule has 0 aromatic heterocycles. The van der Waals surface area contributed by atoms with E-state index < -0.39 is 10.8 Å². The van der Waals surface area contributed by atoms with Crippen molar-refractivity contribution in [2.75, 3.05) is 0 Å². The number of amides is 1. The van der Waals surface area contributed by atoms with Crippen LogP contribution in [0.1, 0.15) is 21.5 Å². The molecule has 0 radical (unpaired) electrons. The summed E-state index contributed by atoms with van der Waals surface area (Å²) in [7, 11) is 0. The van der Waals surface area contributed by atoms with Gasteiger partial charge in [-0.25, -0.2) is 5.43 Å². The van der Waals surface area contributed by atoms with Crippen molar-refractivity contribution in [1.82, 2.24) is 5.43 Å². The Kier molecular flexibility index (Phi) is 4.55. The third kappa shape index (κ3) is 3.62. The first-order valence-electron chi connectivity index (χ1n) is 6.49. The number of hydrogen-bond donors (Lipinski definition) is 3. The van der Waals surface area contributed by atoms with Crippen LogP contribution in [0.2, 0.25) is 0 Å². The molecule has 0 aliphatic carbocycles. The fourth-order valence-corrected chi connectivity index (χ4v) is 1.88. The highest BCUT2D eigenvalue weighted by molar-refractivity contribution is 5.97. The summed E-state index contributed by atoms with van der Waals surface area (Å²) in [5, 5.41) is 33.9. The predicted octanol–water partition coefficient (Wildman–Crippen LogP) is 2.08. The molecule has 2 aromatic carbocycles. The highest BCUT2D eigenvalue weighted by atomic mass is 16.6. The number of aryl methyl sites for hydroxylation is 1. The van der Waals surface area contributed by atoms with E-state index in [1.807, 2.05) is 0 Å². The molecule has 2 rings (SSSR count). The number of hydrazone groups is 1. The quantitative estimate of drug-likeness (QED) is 0.452. The summed E-state index contributed by atoms with van der Waals surface area (Å²) in [6, 6.07) is 8.28. The third-order valence-electron chi connectivity index (χ3n) is 3.04. The van der Waals surface area contributed by atoms with E-state index in [2.05, 4.69) is 10.5 Å². The van der Waals surface area contributed by atoms with Gasteiger partial charge in [-0.2, -0.15) is 5.10 Å². The Hall–Kier alpha value is -3.42. The Morgan fingerprint density at radius 2 is 2.00 bits per heavy atom. The summed E-state index contributed by atoms with van der Waals surface area (Å²) < 4.78 is 0. The van der Waals surface area contributed by atoms with Gasteiger partial charge in [0.15, 0.2) is 0 Å². The number of nitro groups is 1. The van der Waals surface area contributed by atoms with Crippen molar-refractivity contribution in [3.05, 3.63) is 63.2 Å². The van der Waals surface area contributed by atoms with Gasteiger partial charge < -0.3 is 10.2 Å². The number of para-hydroxylation sites is 1. The molecule has 8 nitrogen and oxygen atoms in total. The van der Waals surface area contributed by atoms with Crippen LogP contribution in [0.3, 0.4) is 0 Å². The van der Waals surface area contributed by atoms with Gasteiger partial charge in [0.05, 0.1) is 16.7 Å². The molecule has 0 heterocycles. The molecule has 0 fully saturated rings. The summed E-state index contributed by atoms with van der Waals surface area (Å²) in [5.41, 5.74) is 2.41. The van der Waals surface area contributed by atoms with E-state index in [9.17, 15) is 25.1 Å². The van der Waals surface area contributed by atoms with Crippen molar-refractivity contribution in [3.8, 4) is 11.5 Å². The van der Waals surface area contributed by atoms with Crippen molar-refractivity contribution < 1.29 is 19.9 Å². The topological polar surface area (TPSA) is 125 Å². The lowest BCUT2D eigenvalue weighted by molar-refractivity contribution is -0.384. The molecular formula is C15H13N3O5. The molecule has 0 saturated heterocycles. The van der Waals surface area contributed by atoms with Crippen LogP contribution in [-0.2, 0) is 0 Å². The Bertz CT molecular complexity index is 802. The van der Waals surface area contributed by atoms with Crippen molar-refractivity contribution in [3.63, 3.8) is 0 Å². The Labute approximate surface area is 130 Å². The van der Waals surface area contributed by atoms with E-state index >= 15 is 0 Å². The fraction of sp³-hybridized carbons (Fsp3) is 0.0667. The minimum Gasteiger partial charge on any atom is -0.507 e. The number of phenolic OH excluding ortho intramolecular Hbond substituents is 2. The minimum absolute atomic E-state index is 0.0316. The maximum absolute atomic E-state index is 11.8. The van der Waals surface area contributed by atoms with Gasteiger partial charge in [0.2, 0.25) is 0 Å². The molecule has 3 N–H and O–H groups in total. The van der Waals surface area contributed by atoms with E-state index in [4.69, 9.17) is 0 Å². The van der Waals surface area contributed by atoms with Crippen LogP contribution in [0.4, 0.5) is 5.69 Å². The summed E-state index contributed by atoms with van der Waals surface area (Å²) in [4.78, 5) is 22.0. The van der Waals surface area contributed by atoms with Crippen LogP contribution in [0.5, 0.6) is 11.5 Å². The van der Waals surface area contributed by atoms with Crippen LogP contribution < -0.4 is 5.43 Å².